The van der Waals surface area contributed by atoms with Gasteiger partial charge in [0.25, 0.3) is 0 Å². The summed E-state index contributed by atoms with van der Waals surface area (Å²) >= 11 is 0. The van der Waals surface area contributed by atoms with Gasteiger partial charge in [-0.05, 0) is 19.3 Å². The molecule has 0 saturated carbocycles. The van der Waals surface area contributed by atoms with Gasteiger partial charge in [0, 0.05) is 13.0 Å². The minimum absolute atomic E-state index is 0.0552. The van der Waals surface area contributed by atoms with Gasteiger partial charge in [0.15, 0.2) is 5.96 Å². The summed E-state index contributed by atoms with van der Waals surface area (Å²) in [5, 5.41) is 24.6. The maximum absolute atomic E-state index is 12.1. The molecular weight excluding hydrogens is 390 g/mol. The van der Waals surface area contributed by atoms with Gasteiger partial charge >= 0.3 is 11.9 Å². The molecule has 0 fully saturated rings. The Morgan fingerprint density at radius 2 is 1.55 bits per heavy atom. The Hall–Kier alpha value is -3.42. The van der Waals surface area contributed by atoms with Gasteiger partial charge in [0.05, 0.1) is 13.1 Å². The van der Waals surface area contributed by atoms with Crippen LogP contribution in [0.25, 0.3) is 0 Å². The van der Waals surface area contributed by atoms with Gasteiger partial charge in [-0.15, -0.1) is 0 Å². The van der Waals surface area contributed by atoms with Crippen molar-refractivity contribution in [2.24, 2.45) is 22.2 Å². The Morgan fingerprint density at radius 1 is 0.931 bits per heavy atom. The number of nitrogens with zero attached hydrogens (tertiary/aromatic N) is 1. The SMILES string of the molecule is NCC(=O)NC(CCC(=O)O)C(=O)NCC(=O)NC(CCCN=C(N)N)C(=O)O. The van der Waals surface area contributed by atoms with Crippen molar-refractivity contribution >= 4 is 35.6 Å². The van der Waals surface area contributed by atoms with E-state index in [1.165, 1.54) is 0 Å². The molecule has 0 saturated heterocycles. The number of nitrogens with two attached hydrogens (primary N) is 3. The smallest absolute Gasteiger partial charge is 0.326 e. The van der Waals surface area contributed by atoms with Crippen molar-refractivity contribution in [1.82, 2.24) is 16.0 Å². The van der Waals surface area contributed by atoms with Crippen LogP contribution in [0.1, 0.15) is 25.7 Å². The molecule has 0 aliphatic rings. The van der Waals surface area contributed by atoms with Crippen LogP contribution in [0, 0.1) is 0 Å². The third kappa shape index (κ3) is 12.6. The standard InChI is InChI=1S/C15H27N7O7/c16-6-10(23)21-8(3-4-12(25)26)13(27)20-7-11(24)22-9(14(28)29)2-1-5-19-15(17)18/h8-9H,1-7,16H2,(H,20,27)(H,21,23)(H,22,24)(H,25,26)(H,28,29)(H4,17,18,19). The second kappa shape index (κ2) is 13.7. The predicted octanol–water partition coefficient (Wildman–Crippen LogP) is -3.97. The molecule has 0 aromatic heterocycles. The molecule has 2 atom stereocenters. The molecule has 29 heavy (non-hydrogen) atoms. The summed E-state index contributed by atoms with van der Waals surface area (Å²) in [5.41, 5.74) is 15.5. The van der Waals surface area contributed by atoms with Crippen molar-refractivity contribution < 1.29 is 34.2 Å². The second-order valence-electron chi connectivity index (χ2n) is 5.88. The summed E-state index contributed by atoms with van der Waals surface area (Å²) in [7, 11) is 0. The van der Waals surface area contributed by atoms with Crippen LogP contribution in [-0.4, -0.2) is 77.6 Å². The van der Waals surface area contributed by atoms with Crippen LogP contribution in [0.3, 0.4) is 0 Å². The van der Waals surface area contributed by atoms with Crippen LogP contribution in [-0.2, 0) is 24.0 Å². The zero-order valence-corrected chi connectivity index (χ0v) is 15.7. The maximum Gasteiger partial charge on any atom is 0.326 e. The zero-order valence-electron chi connectivity index (χ0n) is 15.7. The fourth-order valence-corrected chi connectivity index (χ4v) is 2.09. The topological polar surface area (TPSA) is 252 Å². The maximum atomic E-state index is 12.1. The molecule has 0 aromatic carbocycles. The van der Waals surface area contributed by atoms with E-state index in [-0.39, 0.29) is 25.3 Å². The van der Waals surface area contributed by atoms with Gasteiger partial charge in [0.1, 0.15) is 12.1 Å². The van der Waals surface area contributed by atoms with Crippen molar-refractivity contribution in [2.75, 3.05) is 19.6 Å². The minimum Gasteiger partial charge on any atom is -0.481 e. The van der Waals surface area contributed by atoms with E-state index in [4.69, 9.17) is 27.4 Å². The number of guanidine groups is 1. The molecule has 3 amide bonds. The van der Waals surface area contributed by atoms with Gasteiger partial charge in [0.2, 0.25) is 17.7 Å². The van der Waals surface area contributed by atoms with Crippen LogP contribution >= 0.6 is 0 Å². The lowest BCUT2D eigenvalue weighted by Gasteiger charge is -2.18. The summed E-state index contributed by atoms with van der Waals surface area (Å²) in [6, 6.07) is -2.42. The van der Waals surface area contributed by atoms with E-state index in [2.05, 4.69) is 20.9 Å². The number of carboxylic acids is 2. The van der Waals surface area contributed by atoms with Crippen LogP contribution in [0.5, 0.6) is 0 Å². The number of aliphatic imine (C=N–C) groups is 1. The van der Waals surface area contributed by atoms with Crippen molar-refractivity contribution in [3.05, 3.63) is 0 Å². The third-order valence-electron chi connectivity index (χ3n) is 3.49. The Kier molecular flexibility index (Phi) is 12.1. The van der Waals surface area contributed by atoms with Crippen molar-refractivity contribution in [1.29, 1.82) is 0 Å². The molecule has 0 aliphatic carbocycles. The van der Waals surface area contributed by atoms with Gasteiger partial charge in [-0.25, -0.2) is 4.79 Å². The van der Waals surface area contributed by atoms with Crippen molar-refractivity contribution in [3.8, 4) is 0 Å². The molecule has 0 radical (unpaired) electrons. The van der Waals surface area contributed by atoms with Crippen LogP contribution in [0.15, 0.2) is 4.99 Å². The zero-order chi connectivity index (χ0) is 22.4. The highest BCUT2D eigenvalue weighted by Gasteiger charge is 2.23. The van der Waals surface area contributed by atoms with Crippen LogP contribution in [0.4, 0.5) is 0 Å². The Morgan fingerprint density at radius 3 is 2.07 bits per heavy atom. The van der Waals surface area contributed by atoms with E-state index in [0.29, 0.717) is 6.42 Å². The first-order valence-corrected chi connectivity index (χ1v) is 8.63. The average Bonchev–Trinajstić information content (AvgIpc) is 2.64. The molecule has 0 bridgehead atoms. The number of rotatable bonds is 14. The summed E-state index contributed by atoms with van der Waals surface area (Å²) in [6.45, 7) is -0.791. The lowest BCUT2D eigenvalue weighted by molar-refractivity contribution is -0.142. The van der Waals surface area contributed by atoms with E-state index in [1.807, 2.05) is 0 Å². The highest BCUT2D eigenvalue weighted by Crippen LogP contribution is 2.00. The highest BCUT2D eigenvalue weighted by molar-refractivity contribution is 5.92. The molecule has 0 heterocycles. The number of hydrogen-bond acceptors (Lipinski definition) is 7. The summed E-state index contributed by atoms with van der Waals surface area (Å²) < 4.78 is 0. The Balaban J connectivity index is 4.64. The number of nitrogens with one attached hydrogen (secondary N) is 3. The quantitative estimate of drug-likeness (QED) is 0.0772. The molecule has 0 aromatic rings. The Labute approximate surface area is 166 Å². The van der Waals surface area contributed by atoms with E-state index < -0.39 is 61.3 Å². The van der Waals surface area contributed by atoms with Crippen LogP contribution < -0.4 is 33.2 Å². The highest BCUT2D eigenvalue weighted by atomic mass is 16.4. The minimum atomic E-state index is -1.27. The van der Waals surface area contributed by atoms with E-state index in [1.54, 1.807) is 0 Å². The number of amides is 3. The molecule has 14 nitrogen and oxygen atoms in total. The predicted molar refractivity (Wildman–Crippen MR) is 100 cm³/mol. The number of aliphatic carboxylic acids is 2. The number of carboxylic acid groups (broad SMARTS) is 2. The third-order valence-corrected chi connectivity index (χ3v) is 3.49. The summed E-state index contributed by atoms with van der Waals surface area (Å²) in [5.74, 6) is -4.84. The molecule has 14 heteroatoms. The molecular formula is C15H27N7O7. The van der Waals surface area contributed by atoms with E-state index in [9.17, 15) is 24.0 Å². The van der Waals surface area contributed by atoms with Crippen molar-refractivity contribution in [2.45, 2.75) is 37.8 Å². The first-order valence-electron chi connectivity index (χ1n) is 8.63. The molecule has 0 rings (SSSR count). The number of hydrogen-bond donors (Lipinski definition) is 8. The lowest BCUT2D eigenvalue weighted by atomic mass is 10.1. The largest absolute Gasteiger partial charge is 0.481 e. The average molecular weight is 417 g/mol. The van der Waals surface area contributed by atoms with Crippen molar-refractivity contribution in [3.63, 3.8) is 0 Å². The van der Waals surface area contributed by atoms with Gasteiger partial charge in [-0.3, -0.25) is 24.2 Å². The second-order valence-corrected chi connectivity index (χ2v) is 5.88. The fraction of sp³-hybridized carbons (Fsp3) is 0.600. The lowest BCUT2D eigenvalue weighted by Crippen LogP contribution is -2.51. The monoisotopic (exact) mass is 417 g/mol. The first kappa shape index (κ1) is 25.6. The summed E-state index contributed by atoms with van der Waals surface area (Å²) in [6.07, 6.45) is -0.257. The molecule has 0 aliphatic heterocycles. The van der Waals surface area contributed by atoms with Gasteiger partial charge < -0.3 is 43.4 Å². The van der Waals surface area contributed by atoms with E-state index in [0.717, 1.165) is 0 Å². The summed E-state index contributed by atoms with van der Waals surface area (Å²) in [4.78, 5) is 61.0. The normalized spacial score (nSPS) is 12.2. The molecule has 164 valence electrons. The fourth-order valence-electron chi connectivity index (χ4n) is 2.09. The van der Waals surface area contributed by atoms with Crippen LogP contribution in [0.2, 0.25) is 0 Å². The van der Waals surface area contributed by atoms with Gasteiger partial charge in [-0.2, -0.15) is 0 Å². The van der Waals surface area contributed by atoms with Gasteiger partial charge in [-0.1, -0.05) is 0 Å². The molecule has 11 N–H and O–H groups in total. The first-order chi connectivity index (χ1) is 13.6. The number of carbonyl (C=O) groups is 5. The number of carbonyl (C=O) groups excluding carboxylic acids is 3. The molecule has 0 spiro atoms. The molecule has 2 unspecified atom stereocenters. The Bertz CT molecular complexity index is 635. The van der Waals surface area contributed by atoms with E-state index >= 15 is 0 Å².